The highest BCUT2D eigenvalue weighted by Gasteiger charge is 2.22. The number of ether oxygens (including phenoxy) is 1. The van der Waals surface area contributed by atoms with E-state index < -0.39 is 5.97 Å². The summed E-state index contributed by atoms with van der Waals surface area (Å²) < 4.78 is 11.6. The van der Waals surface area contributed by atoms with Gasteiger partial charge in [-0.1, -0.05) is 21.1 Å². The van der Waals surface area contributed by atoms with Gasteiger partial charge < -0.3 is 14.4 Å². The first-order chi connectivity index (χ1) is 9.63. The average Bonchev–Trinajstić information content (AvgIpc) is 2.84. The van der Waals surface area contributed by atoms with E-state index in [1.165, 1.54) is 12.5 Å². The van der Waals surface area contributed by atoms with Gasteiger partial charge in [-0.3, -0.25) is 0 Å². The number of carboxylic acids is 1. The van der Waals surface area contributed by atoms with Crippen molar-refractivity contribution < 1.29 is 19.2 Å². The normalized spacial score (nSPS) is 14.8. The molecule has 20 heavy (non-hydrogen) atoms. The van der Waals surface area contributed by atoms with Crippen LogP contribution in [0.4, 0.5) is 0 Å². The Morgan fingerprint density at radius 1 is 1.40 bits per heavy atom. The van der Waals surface area contributed by atoms with Gasteiger partial charge in [0.1, 0.15) is 11.4 Å². The predicted octanol–water partition coefficient (Wildman–Crippen LogP) is 3.73. The molecule has 1 aromatic heterocycles. The van der Waals surface area contributed by atoms with E-state index in [1.807, 2.05) is 18.2 Å². The van der Waals surface area contributed by atoms with Gasteiger partial charge in [-0.15, -0.1) is 0 Å². The van der Waals surface area contributed by atoms with Crippen molar-refractivity contribution in [2.45, 2.75) is 25.4 Å². The maximum atomic E-state index is 10.9. The van der Waals surface area contributed by atoms with Crippen molar-refractivity contribution in [1.82, 2.24) is 5.16 Å². The molecule has 2 aromatic rings. The summed E-state index contributed by atoms with van der Waals surface area (Å²) in [7, 11) is 0. The highest BCUT2D eigenvalue weighted by Crippen LogP contribution is 2.35. The van der Waals surface area contributed by atoms with Gasteiger partial charge in [0.2, 0.25) is 5.76 Å². The Hall–Kier alpha value is -1.82. The Morgan fingerprint density at radius 3 is 2.80 bits per heavy atom. The molecule has 0 amide bonds. The summed E-state index contributed by atoms with van der Waals surface area (Å²) in [6, 6.07) is 6.98. The first kappa shape index (κ1) is 13.2. The Morgan fingerprint density at radius 2 is 2.20 bits per heavy atom. The number of hydrogen-bond acceptors (Lipinski definition) is 4. The summed E-state index contributed by atoms with van der Waals surface area (Å²) in [5.74, 6) is -0.627. The molecule has 0 aliphatic heterocycles. The van der Waals surface area contributed by atoms with Crippen LogP contribution in [0.5, 0.6) is 5.75 Å². The summed E-state index contributed by atoms with van der Waals surface area (Å²) >= 11 is 3.40. The fraction of sp³-hybridized carbons (Fsp3) is 0.286. The van der Waals surface area contributed by atoms with Crippen molar-refractivity contribution in [3.8, 4) is 17.0 Å². The van der Waals surface area contributed by atoms with Crippen molar-refractivity contribution in [2.24, 2.45) is 0 Å². The molecule has 1 heterocycles. The Bertz CT molecular complexity index is 648. The fourth-order valence-electron chi connectivity index (χ4n) is 1.98. The summed E-state index contributed by atoms with van der Waals surface area (Å²) in [6.45, 7) is 0. The lowest BCUT2D eigenvalue weighted by Gasteiger charge is -2.27. The van der Waals surface area contributed by atoms with E-state index in [4.69, 9.17) is 14.4 Å². The van der Waals surface area contributed by atoms with Crippen LogP contribution in [0.25, 0.3) is 11.3 Å². The molecule has 0 atom stereocenters. The van der Waals surface area contributed by atoms with E-state index in [0.29, 0.717) is 11.4 Å². The SMILES string of the molecule is O=C(O)c1cc(-c2cc(Br)ccc2OC2CCC2)no1. The monoisotopic (exact) mass is 337 g/mol. The third-order valence-electron chi connectivity index (χ3n) is 3.28. The second-order valence-corrected chi connectivity index (χ2v) is 5.61. The smallest absolute Gasteiger partial charge is 0.374 e. The maximum absolute atomic E-state index is 10.9. The minimum absolute atomic E-state index is 0.186. The van der Waals surface area contributed by atoms with Gasteiger partial charge in [0.05, 0.1) is 6.10 Å². The summed E-state index contributed by atoms with van der Waals surface area (Å²) in [5, 5.41) is 12.7. The van der Waals surface area contributed by atoms with Gasteiger partial charge in [-0.25, -0.2) is 4.79 Å². The quantitative estimate of drug-likeness (QED) is 0.920. The Labute approximate surface area is 123 Å². The number of nitrogens with zero attached hydrogens (tertiary/aromatic N) is 1. The number of benzene rings is 1. The molecule has 0 spiro atoms. The van der Waals surface area contributed by atoms with Crippen LogP contribution in [0.15, 0.2) is 33.3 Å². The lowest BCUT2D eigenvalue weighted by Crippen LogP contribution is -2.24. The molecular formula is C14H12BrNO4. The van der Waals surface area contributed by atoms with Gasteiger partial charge >= 0.3 is 5.97 Å². The van der Waals surface area contributed by atoms with Crippen molar-refractivity contribution in [3.05, 3.63) is 34.5 Å². The van der Waals surface area contributed by atoms with Crippen LogP contribution in [-0.4, -0.2) is 22.3 Å². The number of halogens is 1. The highest BCUT2D eigenvalue weighted by molar-refractivity contribution is 9.10. The molecule has 1 saturated carbocycles. The Balaban J connectivity index is 1.96. The van der Waals surface area contributed by atoms with Crippen molar-refractivity contribution in [2.75, 3.05) is 0 Å². The van der Waals surface area contributed by atoms with Crippen LogP contribution >= 0.6 is 15.9 Å². The predicted molar refractivity (Wildman–Crippen MR) is 74.9 cm³/mol. The second-order valence-electron chi connectivity index (χ2n) is 4.69. The molecule has 1 fully saturated rings. The number of aromatic nitrogens is 1. The molecule has 0 radical (unpaired) electrons. The standard InChI is InChI=1S/C14H12BrNO4/c15-8-4-5-12(19-9-2-1-3-9)10(6-8)11-7-13(14(17)18)20-16-11/h4-7,9H,1-3H2,(H,17,18). The van der Waals surface area contributed by atoms with Gasteiger partial charge in [-0.05, 0) is 37.5 Å². The molecular weight excluding hydrogens is 326 g/mol. The van der Waals surface area contributed by atoms with Crippen LogP contribution in [0.1, 0.15) is 29.8 Å². The molecule has 3 rings (SSSR count). The van der Waals surface area contributed by atoms with Gasteiger partial charge in [0.15, 0.2) is 0 Å². The zero-order valence-electron chi connectivity index (χ0n) is 10.5. The van der Waals surface area contributed by atoms with Crippen LogP contribution in [0, 0.1) is 0 Å². The molecule has 1 aliphatic carbocycles. The highest BCUT2D eigenvalue weighted by atomic mass is 79.9. The number of aromatic carboxylic acids is 1. The topological polar surface area (TPSA) is 72.6 Å². The zero-order valence-corrected chi connectivity index (χ0v) is 12.1. The third-order valence-corrected chi connectivity index (χ3v) is 3.78. The van der Waals surface area contributed by atoms with E-state index in [0.717, 1.165) is 22.9 Å². The number of carbonyl (C=O) groups is 1. The van der Waals surface area contributed by atoms with Crippen molar-refractivity contribution >= 4 is 21.9 Å². The zero-order chi connectivity index (χ0) is 14.1. The summed E-state index contributed by atoms with van der Waals surface area (Å²) in [6.07, 6.45) is 3.52. The first-order valence-electron chi connectivity index (χ1n) is 6.30. The lowest BCUT2D eigenvalue weighted by atomic mass is 9.96. The molecule has 0 unspecified atom stereocenters. The molecule has 0 saturated heterocycles. The van der Waals surface area contributed by atoms with Crippen LogP contribution in [0.3, 0.4) is 0 Å². The van der Waals surface area contributed by atoms with E-state index in [-0.39, 0.29) is 11.9 Å². The minimum Gasteiger partial charge on any atom is -0.490 e. The van der Waals surface area contributed by atoms with E-state index in [9.17, 15) is 4.79 Å². The third kappa shape index (κ3) is 2.56. The number of hydrogen-bond donors (Lipinski definition) is 1. The molecule has 1 aliphatic rings. The largest absolute Gasteiger partial charge is 0.490 e. The Kier molecular flexibility index (Phi) is 3.48. The number of rotatable bonds is 4. The van der Waals surface area contributed by atoms with Crippen molar-refractivity contribution in [3.63, 3.8) is 0 Å². The van der Waals surface area contributed by atoms with Crippen LogP contribution in [0.2, 0.25) is 0 Å². The average molecular weight is 338 g/mol. The molecule has 104 valence electrons. The molecule has 1 N–H and O–H groups in total. The first-order valence-corrected chi connectivity index (χ1v) is 7.09. The molecule has 5 nitrogen and oxygen atoms in total. The van der Waals surface area contributed by atoms with E-state index >= 15 is 0 Å². The maximum Gasteiger partial charge on any atom is 0.374 e. The molecule has 6 heteroatoms. The van der Waals surface area contributed by atoms with Crippen LogP contribution < -0.4 is 4.74 Å². The van der Waals surface area contributed by atoms with E-state index in [1.54, 1.807) is 0 Å². The lowest BCUT2D eigenvalue weighted by molar-refractivity contribution is 0.0652. The molecule has 1 aromatic carbocycles. The van der Waals surface area contributed by atoms with E-state index in [2.05, 4.69) is 21.1 Å². The summed E-state index contributed by atoms with van der Waals surface area (Å²) in [4.78, 5) is 10.9. The van der Waals surface area contributed by atoms with Gasteiger partial charge in [0.25, 0.3) is 0 Å². The molecule has 0 bridgehead atoms. The number of carboxylic acid groups (broad SMARTS) is 1. The second kappa shape index (κ2) is 5.28. The van der Waals surface area contributed by atoms with Crippen molar-refractivity contribution in [1.29, 1.82) is 0 Å². The minimum atomic E-state index is -1.14. The van der Waals surface area contributed by atoms with Crippen LogP contribution in [-0.2, 0) is 0 Å². The van der Waals surface area contributed by atoms with Gasteiger partial charge in [0, 0.05) is 16.1 Å². The fourth-order valence-corrected chi connectivity index (χ4v) is 2.34. The summed E-state index contributed by atoms with van der Waals surface area (Å²) in [5.41, 5.74) is 1.18. The van der Waals surface area contributed by atoms with Gasteiger partial charge in [-0.2, -0.15) is 0 Å².